The summed E-state index contributed by atoms with van der Waals surface area (Å²) >= 11 is 0. The molecule has 0 N–H and O–H groups in total. The molecular weight excluding hydrogens is 319 g/mol. The van der Waals surface area contributed by atoms with E-state index in [9.17, 15) is 0 Å². The van der Waals surface area contributed by atoms with E-state index in [1.165, 1.54) is 5.20 Å². The summed E-state index contributed by atoms with van der Waals surface area (Å²) in [7, 11) is -1.01. The Kier molecular flexibility index (Phi) is 3.83. The van der Waals surface area contributed by atoms with E-state index in [2.05, 4.69) is 37.9 Å². The van der Waals surface area contributed by atoms with Crippen LogP contribution in [0.2, 0.25) is 19.6 Å². The minimum atomic E-state index is -1.01. The molecule has 0 saturated carbocycles. The van der Waals surface area contributed by atoms with Gasteiger partial charge >= 0.3 is 0 Å². The molecule has 0 atom stereocenters. The molecule has 0 heterocycles. The number of hydrogen-bond donors (Lipinski definition) is 0. The molecule has 0 bridgehead atoms. The zero-order chi connectivity index (χ0) is 6.91. The average Bonchev–Trinajstić information content (AvgIpc) is 2.08. The molecule has 0 amide bonds. The van der Waals surface area contributed by atoms with E-state index in [1.807, 2.05) is 0 Å². The Balaban J connectivity index is 0.000000810. The van der Waals surface area contributed by atoms with Crippen molar-refractivity contribution in [2.75, 3.05) is 0 Å². The van der Waals surface area contributed by atoms with Crippen molar-refractivity contribution >= 4 is 8.07 Å². The molecule has 0 unspecified atom stereocenters. The minimum Gasteiger partial charge on any atom is -0.274 e. The summed E-state index contributed by atoms with van der Waals surface area (Å²) < 4.78 is 0. The fourth-order valence-electron chi connectivity index (χ4n) is 0.920. The summed E-state index contributed by atoms with van der Waals surface area (Å²) in [6.45, 7) is 7.06. The second-order valence-electron chi connectivity index (χ2n) is 3.45. The van der Waals surface area contributed by atoms with Gasteiger partial charge < -0.3 is 0 Å². The molecule has 0 nitrogen and oxygen atoms in total. The smallest absolute Gasteiger partial charge is 0.0393 e. The van der Waals surface area contributed by atoms with Gasteiger partial charge in [-0.3, -0.25) is 6.08 Å². The third kappa shape index (κ3) is 2.55. The van der Waals surface area contributed by atoms with Crippen LogP contribution < -0.4 is 0 Å². The summed E-state index contributed by atoms with van der Waals surface area (Å²) in [5.74, 6) is 0. The molecule has 2 heteroatoms. The third-order valence-corrected chi connectivity index (χ3v) is 3.46. The largest absolute Gasteiger partial charge is 0.274 e. The van der Waals surface area contributed by atoms with E-state index in [-0.39, 0.29) is 21.1 Å². The molecule has 10 heavy (non-hydrogen) atoms. The maximum atomic E-state index is 3.36. The van der Waals surface area contributed by atoms with Gasteiger partial charge in [-0.25, -0.2) is 11.3 Å². The van der Waals surface area contributed by atoms with Crippen LogP contribution in [-0.2, 0) is 21.1 Å². The summed E-state index contributed by atoms with van der Waals surface area (Å²) in [6, 6.07) is 0. The molecule has 0 aliphatic heterocycles. The van der Waals surface area contributed by atoms with Crippen LogP contribution in [0.4, 0.5) is 0 Å². The first-order chi connectivity index (χ1) is 4.11. The molecule has 60 valence electrons. The first kappa shape index (κ1) is 10.4. The number of hydrogen-bond acceptors (Lipinski definition) is 0. The van der Waals surface area contributed by atoms with Crippen molar-refractivity contribution in [1.29, 1.82) is 0 Å². The van der Waals surface area contributed by atoms with E-state index in [0.717, 1.165) is 6.42 Å². The second-order valence-corrected chi connectivity index (χ2v) is 8.49. The van der Waals surface area contributed by atoms with E-state index < -0.39 is 8.07 Å². The van der Waals surface area contributed by atoms with Gasteiger partial charge in [0.05, 0.1) is 0 Å². The van der Waals surface area contributed by atoms with Gasteiger partial charge in [0.2, 0.25) is 0 Å². The Hall–Kier alpha value is 0.385. The quantitative estimate of drug-likeness (QED) is 0.511. The normalized spacial score (nSPS) is 16.5. The van der Waals surface area contributed by atoms with Crippen molar-refractivity contribution in [1.82, 2.24) is 0 Å². The van der Waals surface area contributed by atoms with Crippen LogP contribution in [0.3, 0.4) is 0 Å². The van der Waals surface area contributed by atoms with Gasteiger partial charge in [0.15, 0.2) is 0 Å². The van der Waals surface area contributed by atoms with Crippen molar-refractivity contribution < 1.29 is 21.1 Å². The monoisotopic (exact) mass is 332 g/mol. The van der Waals surface area contributed by atoms with E-state index in [4.69, 9.17) is 0 Å². The predicted molar refractivity (Wildman–Crippen MR) is 43.9 cm³/mol. The molecule has 1 aliphatic rings. The van der Waals surface area contributed by atoms with Crippen LogP contribution in [0.25, 0.3) is 0 Å². The van der Waals surface area contributed by atoms with E-state index in [1.54, 1.807) is 0 Å². The average molecular weight is 332 g/mol. The van der Waals surface area contributed by atoms with Crippen LogP contribution in [-0.4, -0.2) is 8.07 Å². The zero-order valence-electron chi connectivity index (χ0n) is 6.68. The first-order valence-corrected chi connectivity index (χ1v) is 6.88. The maximum Gasteiger partial charge on any atom is 0.0393 e. The second kappa shape index (κ2) is 3.68. The summed E-state index contributed by atoms with van der Waals surface area (Å²) in [6.07, 6.45) is 8.82. The molecule has 0 aromatic heterocycles. The number of allylic oxidation sites excluding steroid dienone is 4. The van der Waals surface area contributed by atoms with Crippen molar-refractivity contribution in [3.05, 3.63) is 23.4 Å². The van der Waals surface area contributed by atoms with Gasteiger partial charge in [-0.05, 0) is 0 Å². The van der Waals surface area contributed by atoms with Gasteiger partial charge in [0, 0.05) is 29.1 Å². The molecule has 0 fully saturated rings. The van der Waals surface area contributed by atoms with E-state index >= 15 is 0 Å². The Morgan fingerprint density at radius 3 is 2.20 bits per heavy atom. The van der Waals surface area contributed by atoms with Gasteiger partial charge in [-0.15, -0.1) is 6.42 Å². The van der Waals surface area contributed by atoms with Gasteiger partial charge in [-0.1, -0.05) is 19.6 Å². The van der Waals surface area contributed by atoms with Gasteiger partial charge in [-0.2, -0.15) is 6.08 Å². The first-order valence-electron chi connectivity index (χ1n) is 3.38. The van der Waals surface area contributed by atoms with E-state index in [0.29, 0.717) is 0 Å². The molecule has 1 aliphatic carbocycles. The number of rotatable bonds is 1. The molecule has 0 radical (unpaired) electrons. The fourth-order valence-corrected chi connectivity index (χ4v) is 2.17. The summed E-state index contributed by atoms with van der Waals surface area (Å²) in [4.78, 5) is 0. The molecular formula is C8H13PtSi-. The Labute approximate surface area is 78.7 Å². The molecule has 1 rings (SSSR count). The fraction of sp³-hybridized carbons (Fsp3) is 0.500. The SMILES string of the molecule is C[Si](C)(C)C1=[C-]CC=C1.[Pt]. The Morgan fingerprint density at radius 1 is 1.40 bits per heavy atom. The van der Waals surface area contributed by atoms with Crippen LogP contribution >= 0.6 is 0 Å². The summed E-state index contributed by atoms with van der Waals surface area (Å²) in [5, 5.41) is 1.49. The van der Waals surface area contributed by atoms with Crippen molar-refractivity contribution in [3.63, 3.8) is 0 Å². The van der Waals surface area contributed by atoms with Gasteiger partial charge in [0.1, 0.15) is 0 Å². The van der Waals surface area contributed by atoms with Crippen LogP contribution in [0.1, 0.15) is 6.42 Å². The van der Waals surface area contributed by atoms with Crippen LogP contribution in [0.15, 0.2) is 17.3 Å². The third-order valence-electron chi connectivity index (χ3n) is 1.50. The Bertz CT molecular complexity index is 163. The maximum absolute atomic E-state index is 3.36. The standard InChI is InChI=1S/C8H13Si.Pt/c1-9(2,3)8-6-4-5-7-8;/h4,6H,5H2,1-3H3;/q-1;. The summed E-state index contributed by atoms with van der Waals surface area (Å²) in [5.41, 5.74) is 0. The topological polar surface area (TPSA) is 0 Å². The zero-order valence-corrected chi connectivity index (χ0v) is 9.95. The molecule has 0 spiro atoms. The minimum absolute atomic E-state index is 0. The molecule has 0 aromatic carbocycles. The Morgan fingerprint density at radius 2 is 2.00 bits per heavy atom. The predicted octanol–water partition coefficient (Wildman–Crippen LogP) is 2.55. The van der Waals surface area contributed by atoms with Crippen LogP contribution in [0.5, 0.6) is 0 Å². The molecule has 0 saturated heterocycles. The van der Waals surface area contributed by atoms with Gasteiger partial charge in [0.25, 0.3) is 0 Å². The van der Waals surface area contributed by atoms with Crippen molar-refractivity contribution in [3.8, 4) is 0 Å². The van der Waals surface area contributed by atoms with Crippen molar-refractivity contribution in [2.45, 2.75) is 26.1 Å². The van der Waals surface area contributed by atoms with Crippen molar-refractivity contribution in [2.24, 2.45) is 0 Å². The molecule has 0 aromatic rings. The van der Waals surface area contributed by atoms with Crippen LogP contribution in [0, 0.1) is 6.08 Å².